The number of hydrogen-bond acceptors (Lipinski definition) is 6. The Bertz CT molecular complexity index is 1320. The summed E-state index contributed by atoms with van der Waals surface area (Å²) in [7, 11) is -2.77. The van der Waals surface area contributed by atoms with Crippen molar-refractivity contribution in [2.45, 2.75) is 30.6 Å². The number of rotatable bonds is 7. The van der Waals surface area contributed by atoms with Crippen LogP contribution in [0.1, 0.15) is 33.6 Å². The van der Waals surface area contributed by atoms with Gasteiger partial charge in [0.05, 0.1) is 23.3 Å². The monoisotopic (exact) mass is 518 g/mol. The van der Waals surface area contributed by atoms with Crippen molar-refractivity contribution in [3.63, 3.8) is 0 Å². The second-order valence-corrected chi connectivity index (χ2v) is 11.2. The van der Waals surface area contributed by atoms with Gasteiger partial charge in [-0.05, 0) is 61.6 Å². The van der Waals surface area contributed by atoms with Crippen molar-refractivity contribution >= 4 is 55.5 Å². The lowest BCUT2D eigenvalue weighted by molar-refractivity contribution is -0.114. The molecular weight excluding hydrogens is 496 g/mol. The number of esters is 1. The maximum Gasteiger partial charge on any atom is 0.341 e. The van der Waals surface area contributed by atoms with E-state index in [-0.39, 0.29) is 10.6 Å². The van der Waals surface area contributed by atoms with Gasteiger partial charge in [-0.3, -0.25) is 9.10 Å². The van der Waals surface area contributed by atoms with Gasteiger partial charge in [-0.25, -0.2) is 13.2 Å². The smallest absolute Gasteiger partial charge is 0.341 e. The van der Waals surface area contributed by atoms with Crippen molar-refractivity contribution in [3.8, 4) is 0 Å². The summed E-state index contributed by atoms with van der Waals surface area (Å²) in [4.78, 5) is 26.7. The van der Waals surface area contributed by atoms with E-state index < -0.39 is 28.4 Å². The van der Waals surface area contributed by atoms with Crippen molar-refractivity contribution in [3.05, 3.63) is 75.6 Å². The van der Waals surface area contributed by atoms with Gasteiger partial charge in [-0.1, -0.05) is 35.9 Å². The van der Waals surface area contributed by atoms with Crippen molar-refractivity contribution in [1.29, 1.82) is 0 Å². The third-order valence-corrected chi connectivity index (χ3v) is 8.76. The summed E-state index contributed by atoms with van der Waals surface area (Å²) in [6, 6.07) is 14.2. The summed E-state index contributed by atoms with van der Waals surface area (Å²) < 4.78 is 32.9. The molecule has 1 N–H and O–H groups in total. The van der Waals surface area contributed by atoms with E-state index in [9.17, 15) is 18.0 Å². The molecule has 3 aromatic rings. The second-order valence-electron chi connectivity index (χ2n) is 7.76. The van der Waals surface area contributed by atoms with Crippen LogP contribution in [0.4, 0.5) is 10.7 Å². The van der Waals surface area contributed by atoms with Crippen molar-refractivity contribution in [1.82, 2.24) is 0 Å². The van der Waals surface area contributed by atoms with Crippen LogP contribution in [0.2, 0.25) is 5.02 Å². The molecule has 2 aromatic carbocycles. The first-order valence-electron chi connectivity index (χ1n) is 10.7. The van der Waals surface area contributed by atoms with Gasteiger partial charge < -0.3 is 10.1 Å². The number of aryl methyl sites for hydroxylation is 1. The van der Waals surface area contributed by atoms with Gasteiger partial charge in [0.25, 0.3) is 10.0 Å². The predicted octanol–water partition coefficient (Wildman–Crippen LogP) is 4.90. The van der Waals surface area contributed by atoms with E-state index in [1.807, 2.05) is 0 Å². The minimum absolute atomic E-state index is 0.0459. The molecule has 10 heteroatoms. The molecule has 0 radical (unpaired) electrons. The van der Waals surface area contributed by atoms with Crippen molar-refractivity contribution in [2.75, 3.05) is 23.3 Å². The third-order valence-electron chi connectivity index (χ3n) is 5.53. The van der Waals surface area contributed by atoms with Gasteiger partial charge in [-0.15, -0.1) is 11.3 Å². The van der Waals surface area contributed by atoms with Crippen LogP contribution in [0.25, 0.3) is 0 Å². The molecule has 0 saturated heterocycles. The minimum Gasteiger partial charge on any atom is -0.465 e. The highest BCUT2D eigenvalue weighted by molar-refractivity contribution is 7.92. The van der Waals surface area contributed by atoms with Crippen LogP contribution in [0.3, 0.4) is 0 Å². The van der Waals surface area contributed by atoms with Crippen LogP contribution in [0, 0.1) is 0 Å². The van der Waals surface area contributed by atoms with Gasteiger partial charge >= 0.3 is 5.97 Å². The molecule has 4 rings (SSSR count). The molecule has 0 saturated carbocycles. The maximum absolute atomic E-state index is 13.4. The molecule has 0 unspecified atom stereocenters. The van der Waals surface area contributed by atoms with E-state index in [0.29, 0.717) is 15.6 Å². The summed E-state index contributed by atoms with van der Waals surface area (Å²) in [5.41, 5.74) is 1.52. The van der Waals surface area contributed by atoms with Crippen LogP contribution >= 0.6 is 22.9 Å². The van der Waals surface area contributed by atoms with E-state index >= 15 is 0 Å². The van der Waals surface area contributed by atoms with Gasteiger partial charge in [0.15, 0.2) is 0 Å². The number of amides is 1. The average Bonchev–Trinajstić information content (AvgIpc) is 3.20. The number of ether oxygens (including phenoxy) is 1. The number of thiophene rings is 1. The lowest BCUT2D eigenvalue weighted by Crippen LogP contribution is -2.38. The molecule has 7 nitrogen and oxygen atoms in total. The fraction of sp³-hybridized carbons (Fsp3) is 0.250. The number of anilines is 2. The number of carbonyl (C=O) groups is 2. The van der Waals surface area contributed by atoms with Gasteiger partial charge in [0.2, 0.25) is 5.91 Å². The Morgan fingerprint density at radius 1 is 1.09 bits per heavy atom. The van der Waals surface area contributed by atoms with Crippen molar-refractivity contribution in [2.24, 2.45) is 0 Å². The van der Waals surface area contributed by atoms with Crippen molar-refractivity contribution < 1.29 is 22.7 Å². The highest BCUT2D eigenvalue weighted by atomic mass is 35.5. The number of sulfonamides is 1. The Labute approximate surface area is 207 Å². The van der Waals surface area contributed by atoms with Crippen LogP contribution in [0.15, 0.2) is 59.5 Å². The molecule has 0 bridgehead atoms. The molecule has 0 atom stereocenters. The summed E-state index contributed by atoms with van der Waals surface area (Å²) in [6.45, 7) is -0.499. The summed E-state index contributed by atoms with van der Waals surface area (Å²) in [5, 5.41) is 3.48. The Morgan fingerprint density at radius 3 is 2.53 bits per heavy atom. The number of nitrogens with zero attached hydrogens (tertiary/aromatic N) is 1. The first kappa shape index (κ1) is 24.3. The predicted molar refractivity (Wildman–Crippen MR) is 133 cm³/mol. The fourth-order valence-electron chi connectivity index (χ4n) is 3.93. The van der Waals surface area contributed by atoms with E-state index in [2.05, 4.69) is 5.32 Å². The molecular formula is C24H23ClN2O5S2. The summed E-state index contributed by atoms with van der Waals surface area (Å²) in [6.07, 6.45) is 3.54. The van der Waals surface area contributed by atoms with E-state index in [1.165, 1.54) is 36.6 Å². The highest BCUT2D eigenvalue weighted by Crippen LogP contribution is 2.38. The third kappa shape index (κ3) is 4.96. The standard InChI is InChI=1S/C24H23ClN2O5S2/c1-32-24(29)22-19-12-5-6-13-20(19)33-23(22)26-21(28)15-27(17-9-7-8-16(25)14-17)34(30,31)18-10-3-2-4-11-18/h2-4,7-11,14H,5-6,12-13,15H2,1H3,(H,26,28). The van der Waals surface area contributed by atoms with E-state index in [1.54, 1.807) is 36.4 Å². The minimum atomic E-state index is -4.07. The van der Waals surface area contributed by atoms with Crippen LogP contribution in [0.5, 0.6) is 0 Å². The highest BCUT2D eigenvalue weighted by Gasteiger charge is 2.30. The van der Waals surface area contributed by atoms with Gasteiger partial charge in [-0.2, -0.15) is 0 Å². The fourth-order valence-corrected chi connectivity index (χ4v) is 6.85. The molecule has 0 aliphatic heterocycles. The average molecular weight is 519 g/mol. The Kier molecular flexibility index (Phi) is 7.25. The number of carbonyl (C=O) groups excluding carboxylic acids is 2. The van der Waals surface area contributed by atoms with E-state index in [4.69, 9.17) is 16.3 Å². The second kappa shape index (κ2) is 10.2. The lowest BCUT2D eigenvalue weighted by Gasteiger charge is -2.24. The van der Waals surface area contributed by atoms with Crippen LogP contribution < -0.4 is 9.62 Å². The zero-order valence-electron chi connectivity index (χ0n) is 18.4. The molecule has 1 aliphatic rings. The summed E-state index contributed by atoms with van der Waals surface area (Å²) >= 11 is 7.45. The number of methoxy groups -OCH3 is 1. The SMILES string of the molecule is COC(=O)c1c(NC(=O)CN(c2cccc(Cl)c2)S(=O)(=O)c2ccccc2)sc2c1CCCC2. The van der Waals surface area contributed by atoms with Gasteiger partial charge in [0, 0.05) is 9.90 Å². The zero-order valence-corrected chi connectivity index (χ0v) is 20.8. The molecule has 1 aliphatic carbocycles. The number of benzene rings is 2. The zero-order chi connectivity index (χ0) is 24.3. The number of halogens is 1. The quantitative estimate of drug-likeness (QED) is 0.449. The van der Waals surface area contributed by atoms with E-state index in [0.717, 1.165) is 40.4 Å². The molecule has 1 aromatic heterocycles. The Hall–Kier alpha value is -2.88. The largest absolute Gasteiger partial charge is 0.465 e. The molecule has 1 amide bonds. The Morgan fingerprint density at radius 2 is 1.82 bits per heavy atom. The number of nitrogens with one attached hydrogen (secondary N) is 1. The maximum atomic E-state index is 13.4. The molecule has 0 spiro atoms. The summed E-state index contributed by atoms with van der Waals surface area (Å²) in [5.74, 6) is -1.10. The topological polar surface area (TPSA) is 92.8 Å². The molecule has 1 heterocycles. The van der Waals surface area contributed by atoms with Crippen LogP contribution in [-0.2, 0) is 32.4 Å². The molecule has 0 fully saturated rings. The van der Waals surface area contributed by atoms with Gasteiger partial charge in [0.1, 0.15) is 11.5 Å². The lowest BCUT2D eigenvalue weighted by atomic mass is 9.95. The Balaban J connectivity index is 1.67. The first-order valence-corrected chi connectivity index (χ1v) is 13.3. The van der Waals surface area contributed by atoms with Crippen LogP contribution in [-0.4, -0.2) is 33.9 Å². The molecule has 178 valence electrons. The normalized spacial score (nSPS) is 13.1. The number of hydrogen-bond donors (Lipinski definition) is 1. The molecule has 34 heavy (non-hydrogen) atoms. The number of fused-ring (bicyclic) bond motifs is 1. The first-order chi connectivity index (χ1) is 16.3.